The zero-order valence-electron chi connectivity index (χ0n) is 20.4. The van der Waals surface area contributed by atoms with Gasteiger partial charge < -0.3 is 25.0 Å². The van der Waals surface area contributed by atoms with E-state index in [2.05, 4.69) is 20.4 Å². The molecule has 0 radical (unpaired) electrons. The molecule has 0 aliphatic carbocycles. The molecule has 3 aromatic rings. The van der Waals surface area contributed by atoms with E-state index >= 15 is 0 Å². The van der Waals surface area contributed by atoms with Gasteiger partial charge in [0.15, 0.2) is 5.82 Å². The number of anilines is 1. The Bertz CT molecular complexity index is 1190. The summed E-state index contributed by atoms with van der Waals surface area (Å²) in [7, 11) is 1.55. The van der Waals surface area contributed by atoms with Crippen molar-refractivity contribution in [2.24, 2.45) is 0 Å². The van der Waals surface area contributed by atoms with Crippen molar-refractivity contribution >= 4 is 34.0 Å². The van der Waals surface area contributed by atoms with E-state index in [1.54, 1.807) is 28.8 Å². The van der Waals surface area contributed by atoms with E-state index in [-0.39, 0.29) is 17.5 Å². The van der Waals surface area contributed by atoms with E-state index in [1.807, 2.05) is 32.3 Å². The Balaban J connectivity index is 1.57. The molecule has 2 N–H and O–H groups in total. The number of carbonyl (C=O) groups is 2. The van der Waals surface area contributed by atoms with Gasteiger partial charge in [0, 0.05) is 56.0 Å². The van der Waals surface area contributed by atoms with Crippen LogP contribution >= 0.6 is 11.3 Å². The molecule has 12 heteroatoms. The summed E-state index contributed by atoms with van der Waals surface area (Å²) in [6, 6.07) is 1.53. The average Bonchev–Trinajstić information content (AvgIpc) is 3.42. The van der Waals surface area contributed by atoms with Gasteiger partial charge in [-0.2, -0.15) is 5.10 Å². The number of carbonyl (C=O) groups excluding carboxylic acids is 1. The first-order valence-electron chi connectivity index (χ1n) is 11.5. The normalized spacial score (nSPS) is 14.9. The number of thiazole rings is 1. The Morgan fingerprint density at radius 2 is 2.03 bits per heavy atom. The monoisotopic (exact) mass is 501 g/mol. The van der Waals surface area contributed by atoms with Crippen LogP contribution in [-0.4, -0.2) is 91.4 Å². The molecule has 35 heavy (non-hydrogen) atoms. The second-order valence-corrected chi connectivity index (χ2v) is 10.4. The van der Waals surface area contributed by atoms with Gasteiger partial charge in [0.2, 0.25) is 0 Å². The molecule has 0 atom stereocenters. The number of amides is 2. The predicted molar refractivity (Wildman–Crippen MR) is 133 cm³/mol. The zero-order valence-corrected chi connectivity index (χ0v) is 21.2. The minimum absolute atomic E-state index is 0.148. The Hall–Kier alpha value is -3.25. The highest BCUT2D eigenvalue weighted by Crippen LogP contribution is 2.28. The zero-order chi connectivity index (χ0) is 25.2. The van der Waals surface area contributed by atoms with Crippen LogP contribution in [0.4, 0.5) is 10.6 Å². The van der Waals surface area contributed by atoms with Gasteiger partial charge in [0.25, 0.3) is 5.91 Å². The van der Waals surface area contributed by atoms with Gasteiger partial charge >= 0.3 is 6.09 Å². The Kier molecular flexibility index (Phi) is 7.22. The summed E-state index contributed by atoms with van der Waals surface area (Å²) in [6.07, 6.45) is 3.73. The van der Waals surface area contributed by atoms with E-state index in [4.69, 9.17) is 4.74 Å². The van der Waals surface area contributed by atoms with Gasteiger partial charge in [-0.25, -0.2) is 19.3 Å². The second kappa shape index (κ2) is 10.2. The molecular formula is C23H31N7O4S. The maximum absolute atomic E-state index is 13.5. The number of nitrogens with one attached hydrogen (secondary N) is 1. The van der Waals surface area contributed by atoms with E-state index in [0.717, 1.165) is 10.4 Å². The largest absolute Gasteiger partial charge is 0.465 e. The van der Waals surface area contributed by atoms with Crippen LogP contribution in [0.3, 0.4) is 0 Å². The number of hydrogen-bond donors (Lipinski definition) is 2. The average molecular weight is 502 g/mol. The van der Waals surface area contributed by atoms with Crippen molar-refractivity contribution in [1.29, 1.82) is 0 Å². The van der Waals surface area contributed by atoms with Crippen molar-refractivity contribution in [1.82, 2.24) is 29.4 Å². The number of carboxylic acid groups (broad SMARTS) is 1. The lowest BCUT2D eigenvalue weighted by Crippen LogP contribution is -2.49. The smallest absolute Gasteiger partial charge is 0.407 e. The molecule has 2 amide bonds. The lowest BCUT2D eigenvalue weighted by Gasteiger charge is -2.37. The molecule has 0 unspecified atom stereocenters. The summed E-state index contributed by atoms with van der Waals surface area (Å²) < 4.78 is 6.81. The summed E-state index contributed by atoms with van der Waals surface area (Å²) in [5.74, 6) is 0.803. The number of methoxy groups -OCH3 is 1. The SMILES string of the molecule is COCCN(C(=O)O)C1CCN(C(=O)c2cc(NC(C)(C)C)nc(-c3cnn4ccsc34)n2)CC1. The van der Waals surface area contributed by atoms with Gasteiger partial charge in [-0.1, -0.05) is 0 Å². The van der Waals surface area contributed by atoms with E-state index in [0.29, 0.717) is 56.4 Å². The summed E-state index contributed by atoms with van der Waals surface area (Å²) in [4.78, 5) is 38.5. The highest BCUT2D eigenvalue weighted by atomic mass is 32.1. The number of piperidine rings is 1. The van der Waals surface area contributed by atoms with Crippen LogP contribution < -0.4 is 5.32 Å². The van der Waals surface area contributed by atoms with Crippen LogP contribution in [0, 0.1) is 0 Å². The number of aromatic nitrogens is 4. The third-order valence-corrected chi connectivity index (χ3v) is 6.68. The molecule has 0 spiro atoms. The van der Waals surface area contributed by atoms with Gasteiger partial charge in [-0.05, 0) is 33.6 Å². The van der Waals surface area contributed by atoms with Gasteiger partial charge in [0.1, 0.15) is 16.3 Å². The fourth-order valence-corrected chi connectivity index (χ4v) is 4.96. The molecule has 11 nitrogen and oxygen atoms in total. The number of rotatable bonds is 7. The lowest BCUT2D eigenvalue weighted by atomic mass is 10.0. The first-order chi connectivity index (χ1) is 16.7. The molecule has 1 aliphatic heterocycles. The minimum atomic E-state index is -0.966. The lowest BCUT2D eigenvalue weighted by molar-refractivity contribution is 0.0557. The first kappa shape index (κ1) is 24.9. The van der Waals surface area contributed by atoms with Gasteiger partial charge in [-0.3, -0.25) is 4.79 Å². The van der Waals surface area contributed by atoms with Crippen molar-refractivity contribution in [2.75, 3.05) is 38.7 Å². The van der Waals surface area contributed by atoms with Crippen LogP contribution in [0.15, 0.2) is 23.8 Å². The van der Waals surface area contributed by atoms with Crippen LogP contribution in [0.5, 0.6) is 0 Å². The fraction of sp³-hybridized carbons (Fsp3) is 0.522. The van der Waals surface area contributed by atoms with Crippen molar-refractivity contribution in [3.63, 3.8) is 0 Å². The molecule has 1 aliphatic rings. The number of fused-ring (bicyclic) bond motifs is 1. The molecule has 188 valence electrons. The van der Waals surface area contributed by atoms with Crippen molar-refractivity contribution in [3.8, 4) is 11.4 Å². The maximum Gasteiger partial charge on any atom is 0.407 e. The molecule has 4 rings (SSSR count). The molecule has 1 saturated heterocycles. The Morgan fingerprint density at radius 3 is 2.69 bits per heavy atom. The van der Waals surface area contributed by atoms with Gasteiger partial charge in [-0.15, -0.1) is 11.3 Å². The highest BCUT2D eigenvalue weighted by Gasteiger charge is 2.31. The highest BCUT2D eigenvalue weighted by molar-refractivity contribution is 7.16. The number of ether oxygens (including phenoxy) is 1. The molecule has 0 bridgehead atoms. The number of hydrogen-bond acceptors (Lipinski definition) is 8. The number of nitrogens with zero attached hydrogens (tertiary/aromatic N) is 6. The van der Waals surface area contributed by atoms with Gasteiger partial charge in [0.05, 0.1) is 18.4 Å². The summed E-state index contributed by atoms with van der Waals surface area (Å²) in [5.41, 5.74) is 0.801. The Morgan fingerprint density at radius 1 is 1.29 bits per heavy atom. The maximum atomic E-state index is 13.5. The number of likely N-dealkylation sites (tertiary alicyclic amines) is 1. The molecule has 0 saturated carbocycles. The Labute approximate surface area is 207 Å². The third kappa shape index (κ3) is 5.70. The van der Waals surface area contributed by atoms with E-state index in [9.17, 15) is 14.7 Å². The van der Waals surface area contributed by atoms with Crippen LogP contribution in [0.25, 0.3) is 16.2 Å². The predicted octanol–water partition coefficient (Wildman–Crippen LogP) is 3.29. The second-order valence-electron chi connectivity index (χ2n) is 9.54. The van der Waals surface area contributed by atoms with Crippen molar-refractivity contribution in [2.45, 2.75) is 45.2 Å². The molecular weight excluding hydrogens is 470 g/mol. The van der Waals surface area contributed by atoms with E-state index < -0.39 is 6.09 Å². The molecule has 3 aromatic heterocycles. The molecule has 1 fully saturated rings. The molecule has 4 heterocycles. The van der Waals surface area contributed by atoms with Crippen LogP contribution in [-0.2, 0) is 4.74 Å². The molecule has 0 aromatic carbocycles. The third-order valence-electron chi connectivity index (χ3n) is 5.80. The minimum Gasteiger partial charge on any atom is -0.465 e. The fourth-order valence-electron chi connectivity index (χ4n) is 4.17. The van der Waals surface area contributed by atoms with Crippen molar-refractivity contribution in [3.05, 3.63) is 29.5 Å². The summed E-state index contributed by atoms with van der Waals surface area (Å²) in [6.45, 7) is 7.62. The quantitative estimate of drug-likeness (QED) is 0.505. The summed E-state index contributed by atoms with van der Waals surface area (Å²) in [5, 5.41) is 19.2. The topological polar surface area (TPSA) is 125 Å². The first-order valence-corrected chi connectivity index (χ1v) is 12.4. The van der Waals surface area contributed by atoms with Crippen LogP contribution in [0.1, 0.15) is 44.1 Å². The van der Waals surface area contributed by atoms with Crippen molar-refractivity contribution < 1.29 is 19.4 Å². The standard InChI is InChI=1S/C23H31N7O4S/c1-23(2,3)27-18-13-17(25-19(26-18)16-14-24-30-10-12-35-21(16)30)20(31)28-7-5-15(6-8-28)29(22(32)33)9-11-34-4/h10,12-15H,5-9,11H2,1-4H3,(H,32,33)(H,25,26,27). The van der Waals surface area contributed by atoms with Crippen LogP contribution in [0.2, 0.25) is 0 Å². The summed E-state index contributed by atoms with van der Waals surface area (Å²) >= 11 is 1.53. The van der Waals surface area contributed by atoms with E-state index in [1.165, 1.54) is 16.2 Å².